The van der Waals surface area contributed by atoms with Crippen LogP contribution < -0.4 is 24.8 Å². The maximum absolute atomic E-state index is 2.62. The Morgan fingerprint density at radius 2 is 0.933 bits per heavy atom. The van der Waals surface area contributed by atoms with E-state index in [0.29, 0.717) is 0 Å². The number of halogens is 2. The van der Waals surface area contributed by atoms with Gasteiger partial charge in [0.15, 0.2) is 0 Å². The van der Waals surface area contributed by atoms with E-state index in [1.54, 1.807) is 33.4 Å². The second-order valence-corrected chi connectivity index (χ2v) is 34.1. The van der Waals surface area contributed by atoms with Crippen molar-refractivity contribution in [2.45, 2.75) is 62.0 Å². The van der Waals surface area contributed by atoms with E-state index in [-0.39, 0.29) is 30.3 Å². The molecule has 0 fully saturated rings. The Labute approximate surface area is 203 Å². The summed E-state index contributed by atoms with van der Waals surface area (Å²) in [6, 6.07) is 9.38. The average molecular weight is 622 g/mol. The molecule has 0 nitrogen and oxygen atoms in total. The summed E-state index contributed by atoms with van der Waals surface area (Å²) in [6.45, 7) is 19.4. The van der Waals surface area contributed by atoms with Crippen molar-refractivity contribution in [3.05, 3.63) is 79.9 Å². The zero-order valence-electron chi connectivity index (χ0n) is 19.4. The van der Waals surface area contributed by atoms with Crippen molar-refractivity contribution < 1.29 is 44.9 Å². The standard InChI is InChI=1S/2C12H13.C2H6Si.2ClH.Hf/c2*1-8-6-11-9(2)4-5-10(3)12(11)7-8;1-3-2;;;/h2*4-7H,1-3H3;1-2H3;2*1H;/q;;;;;+2/p-2. The summed E-state index contributed by atoms with van der Waals surface area (Å²) in [6.07, 6.45) is 5.08. The predicted molar refractivity (Wildman–Crippen MR) is 122 cm³/mol. The number of allylic oxidation sites excluding steroid dienone is 2. The van der Waals surface area contributed by atoms with Gasteiger partial charge in [-0.2, -0.15) is 0 Å². The molecular formula is C26H32Cl2HfSi. The number of aryl methyl sites for hydroxylation is 4. The van der Waals surface area contributed by atoms with E-state index in [1.165, 1.54) is 22.3 Å². The zero-order chi connectivity index (χ0) is 20.3. The molecule has 30 heavy (non-hydrogen) atoms. The van der Waals surface area contributed by atoms with E-state index in [1.807, 2.05) is 0 Å². The second kappa shape index (κ2) is 9.61. The van der Waals surface area contributed by atoms with E-state index in [0.717, 1.165) is 7.35 Å². The maximum atomic E-state index is 2.62. The topological polar surface area (TPSA) is 0 Å². The van der Waals surface area contributed by atoms with Gasteiger partial charge in [0.1, 0.15) is 0 Å². The molecule has 2 aliphatic carbocycles. The number of hydrogen-bond donors (Lipinski definition) is 0. The zero-order valence-corrected chi connectivity index (χ0v) is 25.5. The van der Waals surface area contributed by atoms with Crippen molar-refractivity contribution in [1.82, 2.24) is 0 Å². The van der Waals surface area contributed by atoms with Crippen LogP contribution in [0.2, 0.25) is 13.1 Å². The molecule has 0 spiro atoms. The van der Waals surface area contributed by atoms with Crippen LogP contribution in [0.15, 0.2) is 35.4 Å². The number of benzene rings is 2. The van der Waals surface area contributed by atoms with E-state index in [9.17, 15) is 0 Å². The Bertz CT molecular complexity index is 1020. The largest absolute Gasteiger partial charge is 1.00 e. The Kier molecular flexibility index (Phi) is 8.28. The van der Waals surface area contributed by atoms with E-state index >= 15 is 0 Å². The fourth-order valence-electron chi connectivity index (χ4n) is 5.48. The van der Waals surface area contributed by atoms with Crippen molar-refractivity contribution in [3.8, 4) is 0 Å². The summed E-state index contributed by atoms with van der Waals surface area (Å²) >= 11 is -2.10. The molecule has 0 N–H and O–H groups in total. The summed E-state index contributed by atoms with van der Waals surface area (Å²) in [5, 5.41) is 0. The summed E-state index contributed by atoms with van der Waals surface area (Å²) in [7, 11) is 0. The molecule has 0 heterocycles. The van der Waals surface area contributed by atoms with Crippen LogP contribution in [-0.2, 0) is 20.1 Å². The van der Waals surface area contributed by atoms with Gasteiger partial charge < -0.3 is 24.8 Å². The Morgan fingerprint density at radius 3 is 1.27 bits per heavy atom. The van der Waals surface area contributed by atoms with Crippen LogP contribution in [0.3, 0.4) is 0 Å². The second-order valence-electron chi connectivity index (χ2n) is 9.15. The van der Waals surface area contributed by atoms with Crippen LogP contribution in [0.25, 0.3) is 12.2 Å². The van der Waals surface area contributed by atoms with E-state index in [2.05, 4.69) is 91.1 Å². The van der Waals surface area contributed by atoms with Gasteiger partial charge in [0.05, 0.1) is 0 Å². The molecule has 2 aromatic carbocycles. The van der Waals surface area contributed by atoms with Crippen LogP contribution in [0.1, 0.15) is 65.7 Å². The molecule has 0 aromatic heterocycles. The van der Waals surface area contributed by atoms with Crippen LogP contribution >= 0.6 is 0 Å². The van der Waals surface area contributed by atoms with Gasteiger partial charge in [-0.3, -0.25) is 0 Å². The summed E-state index contributed by atoms with van der Waals surface area (Å²) in [5.74, 6) is 0. The van der Waals surface area contributed by atoms with Crippen LogP contribution in [0.4, 0.5) is 0 Å². The van der Waals surface area contributed by atoms with Gasteiger partial charge in [0, 0.05) is 0 Å². The average Bonchev–Trinajstić information content (AvgIpc) is 3.15. The molecular weight excluding hydrogens is 590 g/mol. The smallest absolute Gasteiger partial charge is 1.00 e. The molecule has 2 aliphatic rings. The summed E-state index contributed by atoms with van der Waals surface area (Å²) < 4.78 is 1.53. The third-order valence-electron chi connectivity index (χ3n) is 6.88. The van der Waals surface area contributed by atoms with Crippen molar-refractivity contribution in [2.24, 2.45) is 0 Å². The molecule has 158 valence electrons. The molecule has 4 heteroatoms. The van der Waals surface area contributed by atoms with Gasteiger partial charge >= 0.3 is 180 Å². The minimum atomic E-state index is -2.10. The third-order valence-corrected chi connectivity index (χ3v) is 35.0. The molecule has 0 unspecified atom stereocenters. The van der Waals surface area contributed by atoms with Crippen LogP contribution in [0.5, 0.6) is 0 Å². The van der Waals surface area contributed by atoms with Gasteiger partial charge in [-0.15, -0.1) is 0 Å². The SMILES string of the molecule is CC1=Cc2c(C)ccc(C)c2[C@@H]1[Hf+2]([C@H]1C(C)=Cc2c(C)ccc(C)c21)=[Si](C)C.[Cl-].[Cl-]. The fraction of sp³-hybridized carbons (Fsp3) is 0.385. The van der Waals surface area contributed by atoms with Gasteiger partial charge in [0.25, 0.3) is 0 Å². The maximum Gasteiger partial charge on any atom is -1.00 e. The predicted octanol–water partition coefficient (Wildman–Crippen LogP) is 1.41. The number of rotatable bonds is 2. The monoisotopic (exact) mass is 622 g/mol. The molecule has 4 rings (SSSR count). The van der Waals surface area contributed by atoms with Crippen LogP contribution in [0, 0.1) is 27.7 Å². The number of hydrogen-bond acceptors (Lipinski definition) is 0. The molecule has 2 atom stereocenters. The summed E-state index contributed by atoms with van der Waals surface area (Å²) in [4.78, 5) is 0. The first-order valence-electron chi connectivity index (χ1n) is 10.5. The van der Waals surface area contributed by atoms with Gasteiger partial charge in [-0.1, -0.05) is 0 Å². The van der Waals surface area contributed by atoms with E-state index < -0.39 is 20.1 Å². The Hall–Kier alpha value is -0.413. The summed E-state index contributed by atoms with van der Waals surface area (Å²) in [5.41, 5.74) is 15.5. The Morgan fingerprint density at radius 1 is 0.600 bits per heavy atom. The third kappa shape index (κ3) is 4.03. The van der Waals surface area contributed by atoms with Crippen molar-refractivity contribution in [2.75, 3.05) is 0 Å². The van der Waals surface area contributed by atoms with E-state index in [4.69, 9.17) is 0 Å². The minimum Gasteiger partial charge on any atom is -1.00 e. The molecule has 0 aliphatic heterocycles. The molecule has 0 bridgehead atoms. The first-order valence-corrected chi connectivity index (χ1v) is 22.5. The minimum absolute atomic E-state index is 0. The molecule has 0 amide bonds. The van der Waals surface area contributed by atoms with Crippen molar-refractivity contribution in [1.29, 1.82) is 0 Å². The van der Waals surface area contributed by atoms with Gasteiger partial charge in [0.2, 0.25) is 0 Å². The molecule has 0 saturated heterocycles. The Balaban J connectivity index is 0.00000160. The molecule has 0 saturated carbocycles. The molecule has 0 radical (unpaired) electrons. The number of fused-ring (bicyclic) bond motifs is 2. The van der Waals surface area contributed by atoms with Crippen molar-refractivity contribution >= 4 is 17.6 Å². The first-order chi connectivity index (χ1) is 13.2. The van der Waals surface area contributed by atoms with Gasteiger partial charge in [-0.25, -0.2) is 0 Å². The molecule has 2 aromatic rings. The normalized spacial score (nSPS) is 18.2. The fourth-order valence-corrected chi connectivity index (χ4v) is 35.5. The van der Waals surface area contributed by atoms with Crippen molar-refractivity contribution in [3.63, 3.8) is 0 Å². The first kappa shape index (κ1) is 25.8. The van der Waals surface area contributed by atoms with Crippen LogP contribution in [-0.4, -0.2) is 5.49 Å². The quantitative estimate of drug-likeness (QED) is 0.446. The van der Waals surface area contributed by atoms with Gasteiger partial charge in [-0.05, 0) is 0 Å².